The lowest BCUT2D eigenvalue weighted by Gasteiger charge is -2.32. The fourth-order valence-corrected chi connectivity index (χ4v) is 4.01. The minimum Gasteiger partial charge on any atom is -0.342 e. The number of H-pyrrole nitrogens is 1. The molecule has 0 aliphatic carbocycles. The Morgan fingerprint density at radius 2 is 1.86 bits per heavy atom. The smallest absolute Gasteiger partial charge is 0.229 e. The Morgan fingerprint density at radius 3 is 2.50 bits per heavy atom. The van der Waals surface area contributed by atoms with Gasteiger partial charge in [0.15, 0.2) is 5.82 Å². The number of amides is 1. The maximum absolute atomic E-state index is 13.0. The topological polar surface area (TPSA) is 74.8 Å². The maximum Gasteiger partial charge on any atom is 0.229 e. The van der Waals surface area contributed by atoms with Gasteiger partial charge in [0, 0.05) is 29.6 Å². The molecule has 6 nitrogen and oxygen atoms in total. The minimum absolute atomic E-state index is 0.164. The van der Waals surface area contributed by atoms with Crippen molar-refractivity contribution < 1.29 is 4.79 Å². The van der Waals surface area contributed by atoms with Crippen molar-refractivity contribution in [2.45, 2.75) is 31.6 Å². The van der Waals surface area contributed by atoms with Crippen molar-refractivity contribution >= 4 is 17.5 Å². The summed E-state index contributed by atoms with van der Waals surface area (Å²) in [5, 5.41) is 15.0. The molecule has 0 radical (unpaired) electrons. The van der Waals surface area contributed by atoms with Crippen molar-refractivity contribution in [1.29, 1.82) is 0 Å². The highest BCUT2D eigenvalue weighted by Crippen LogP contribution is 2.30. The second-order valence-corrected chi connectivity index (χ2v) is 7.60. The van der Waals surface area contributed by atoms with Gasteiger partial charge < -0.3 is 4.90 Å². The molecule has 0 saturated carbocycles. The third-order valence-electron chi connectivity index (χ3n) is 5.50. The Balaban J connectivity index is 1.41. The highest BCUT2D eigenvalue weighted by atomic mass is 35.5. The third-order valence-corrected chi connectivity index (χ3v) is 5.83. The first kappa shape index (κ1) is 18.6. The summed E-state index contributed by atoms with van der Waals surface area (Å²) in [7, 11) is 0. The van der Waals surface area contributed by atoms with E-state index < -0.39 is 0 Å². The summed E-state index contributed by atoms with van der Waals surface area (Å²) in [6.45, 7) is 3.41. The van der Waals surface area contributed by atoms with Crippen LogP contribution in [0.25, 0.3) is 11.1 Å². The summed E-state index contributed by atoms with van der Waals surface area (Å²) >= 11 is 6.29. The van der Waals surface area contributed by atoms with Gasteiger partial charge in [-0.1, -0.05) is 59.3 Å². The number of aromatic amines is 1. The van der Waals surface area contributed by atoms with Crippen LogP contribution in [0.15, 0.2) is 48.5 Å². The highest BCUT2D eigenvalue weighted by Gasteiger charge is 2.29. The molecule has 2 aromatic carbocycles. The molecule has 1 aliphatic heterocycles. The molecule has 3 aromatic rings. The van der Waals surface area contributed by atoms with Crippen molar-refractivity contribution in [1.82, 2.24) is 25.5 Å². The predicted molar refractivity (Wildman–Crippen MR) is 108 cm³/mol. The molecule has 1 N–H and O–H groups in total. The van der Waals surface area contributed by atoms with E-state index in [0.717, 1.165) is 53.5 Å². The minimum atomic E-state index is -0.179. The number of nitrogens with one attached hydrogen (secondary N) is 1. The van der Waals surface area contributed by atoms with E-state index in [9.17, 15) is 4.79 Å². The average molecular weight is 396 g/mol. The number of hydrogen-bond donors (Lipinski definition) is 1. The van der Waals surface area contributed by atoms with Gasteiger partial charge in [0.1, 0.15) is 0 Å². The van der Waals surface area contributed by atoms with Gasteiger partial charge in [-0.25, -0.2) is 0 Å². The van der Waals surface area contributed by atoms with E-state index in [1.54, 1.807) is 0 Å². The van der Waals surface area contributed by atoms with Crippen LogP contribution in [0, 0.1) is 0 Å². The van der Waals surface area contributed by atoms with Crippen LogP contribution in [0.3, 0.4) is 0 Å². The largest absolute Gasteiger partial charge is 0.342 e. The molecular weight excluding hydrogens is 374 g/mol. The molecule has 7 heteroatoms. The number of piperidine rings is 1. The standard InChI is InChI=1S/C21H22ClN5O/c1-14(15-6-8-16(9-7-15)18-4-2-3-5-19(18)22)21(28)27-12-10-17(11-13-27)20-23-25-26-24-20/h2-9,14,17H,10-13H2,1H3,(H,23,24,25,26). The molecule has 1 fully saturated rings. The first-order valence-electron chi connectivity index (χ1n) is 9.50. The molecular formula is C21H22ClN5O. The number of carbonyl (C=O) groups excluding carboxylic acids is 1. The van der Waals surface area contributed by atoms with E-state index in [0.29, 0.717) is 0 Å². The lowest BCUT2D eigenvalue weighted by Crippen LogP contribution is -2.40. The number of tetrazole rings is 1. The van der Waals surface area contributed by atoms with Crippen LogP contribution in [-0.2, 0) is 4.79 Å². The molecule has 28 heavy (non-hydrogen) atoms. The van der Waals surface area contributed by atoms with Crippen molar-refractivity contribution in [2.75, 3.05) is 13.1 Å². The SMILES string of the molecule is CC(C(=O)N1CCC(c2nn[nH]n2)CC1)c1ccc(-c2ccccc2Cl)cc1. The van der Waals surface area contributed by atoms with Crippen LogP contribution in [-0.4, -0.2) is 44.5 Å². The predicted octanol–water partition coefficient (Wildman–Crippen LogP) is 4.03. The normalized spacial score (nSPS) is 16.1. The number of aromatic nitrogens is 4. The molecule has 1 atom stereocenters. The molecule has 0 bridgehead atoms. The van der Waals surface area contributed by atoms with Gasteiger partial charge in [-0.2, -0.15) is 5.21 Å². The first-order chi connectivity index (χ1) is 13.6. The van der Waals surface area contributed by atoms with Crippen molar-refractivity contribution in [3.05, 3.63) is 64.9 Å². The maximum atomic E-state index is 13.0. The number of halogens is 1. The van der Waals surface area contributed by atoms with Crippen molar-refractivity contribution in [3.63, 3.8) is 0 Å². The first-order valence-corrected chi connectivity index (χ1v) is 9.88. The molecule has 2 heterocycles. The zero-order chi connectivity index (χ0) is 19.5. The molecule has 1 amide bonds. The molecule has 0 spiro atoms. The van der Waals surface area contributed by atoms with E-state index in [4.69, 9.17) is 11.6 Å². The monoisotopic (exact) mass is 395 g/mol. The van der Waals surface area contributed by atoms with Gasteiger partial charge in [-0.05, 0) is 37.0 Å². The third kappa shape index (κ3) is 3.78. The molecule has 1 aromatic heterocycles. The fourth-order valence-electron chi connectivity index (χ4n) is 3.76. The number of likely N-dealkylation sites (tertiary alicyclic amines) is 1. The lowest BCUT2D eigenvalue weighted by atomic mass is 9.93. The van der Waals surface area contributed by atoms with Gasteiger partial charge >= 0.3 is 0 Å². The van der Waals surface area contributed by atoms with Gasteiger partial charge in [-0.3, -0.25) is 4.79 Å². The zero-order valence-corrected chi connectivity index (χ0v) is 16.4. The number of carbonyl (C=O) groups is 1. The molecule has 144 valence electrons. The van der Waals surface area contributed by atoms with Crippen LogP contribution in [0.4, 0.5) is 0 Å². The molecule has 1 saturated heterocycles. The van der Waals surface area contributed by atoms with Crippen LogP contribution in [0.2, 0.25) is 5.02 Å². The van der Waals surface area contributed by atoms with Crippen molar-refractivity contribution in [2.24, 2.45) is 0 Å². The van der Waals surface area contributed by atoms with Gasteiger partial charge in [0.2, 0.25) is 5.91 Å². The second kappa shape index (κ2) is 8.10. The molecule has 1 unspecified atom stereocenters. The number of nitrogens with zero attached hydrogens (tertiary/aromatic N) is 4. The molecule has 1 aliphatic rings. The number of rotatable bonds is 4. The summed E-state index contributed by atoms with van der Waals surface area (Å²) < 4.78 is 0. The summed E-state index contributed by atoms with van der Waals surface area (Å²) in [5.74, 6) is 1.00. The average Bonchev–Trinajstić information content (AvgIpc) is 3.28. The summed E-state index contributed by atoms with van der Waals surface area (Å²) in [5.41, 5.74) is 3.06. The van der Waals surface area contributed by atoms with E-state index in [1.165, 1.54) is 0 Å². The van der Waals surface area contributed by atoms with Gasteiger partial charge in [-0.15, -0.1) is 10.2 Å². The van der Waals surface area contributed by atoms with Crippen LogP contribution < -0.4 is 0 Å². The van der Waals surface area contributed by atoms with Gasteiger partial charge in [0.05, 0.1) is 5.92 Å². The Hall–Kier alpha value is -2.73. The summed E-state index contributed by atoms with van der Waals surface area (Å²) in [6.07, 6.45) is 1.73. The van der Waals surface area contributed by atoms with Crippen molar-refractivity contribution in [3.8, 4) is 11.1 Å². The Kier molecular flexibility index (Phi) is 5.39. The Bertz CT molecular complexity index is 934. The number of benzene rings is 2. The fraction of sp³-hybridized carbons (Fsp3) is 0.333. The van der Waals surface area contributed by atoms with E-state index in [-0.39, 0.29) is 17.7 Å². The second-order valence-electron chi connectivity index (χ2n) is 7.19. The van der Waals surface area contributed by atoms with Crippen LogP contribution in [0.5, 0.6) is 0 Å². The van der Waals surface area contributed by atoms with Gasteiger partial charge in [0.25, 0.3) is 0 Å². The summed E-state index contributed by atoms with van der Waals surface area (Å²) in [6, 6.07) is 15.9. The van der Waals surface area contributed by atoms with Crippen LogP contribution >= 0.6 is 11.6 Å². The van der Waals surface area contributed by atoms with Crippen LogP contribution in [0.1, 0.15) is 43.0 Å². The molecule has 4 rings (SSSR count). The highest BCUT2D eigenvalue weighted by molar-refractivity contribution is 6.33. The Labute approximate surface area is 168 Å². The summed E-state index contributed by atoms with van der Waals surface area (Å²) in [4.78, 5) is 14.9. The zero-order valence-electron chi connectivity index (χ0n) is 15.7. The number of hydrogen-bond acceptors (Lipinski definition) is 4. The lowest BCUT2D eigenvalue weighted by molar-refractivity contribution is -0.133. The quantitative estimate of drug-likeness (QED) is 0.723. The Morgan fingerprint density at radius 1 is 1.14 bits per heavy atom. The van der Waals surface area contributed by atoms with E-state index in [1.807, 2.05) is 60.4 Å². The van der Waals surface area contributed by atoms with E-state index in [2.05, 4.69) is 20.6 Å². The van der Waals surface area contributed by atoms with E-state index >= 15 is 0 Å².